The molecule has 2 aromatic carbocycles. The van der Waals surface area contributed by atoms with Crippen molar-refractivity contribution in [2.45, 2.75) is 26.2 Å². The van der Waals surface area contributed by atoms with Crippen molar-refractivity contribution < 1.29 is 9.13 Å². The lowest BCUT2D eigenvalue weighted by Gasteiger charge is -2.26. The molecule has 4 nitrogen and oxygen atoms in total. The summed E-state index contributed by atoms with van der Waals surface area (Å²) in [4.78, 5) is 10.1. The second kappa shape index (κ2) is 8.81. The van der Waals surface area contributed by atoms with E-state index in [1.807, 2.05) is 31.3 Å². The first-order chi connectivity index (χ1) is 15.2. The maximum absolute atomic E-state index is 13.9. The van der Waals surface area contributed by atoms with E-state index < -0.39 is 0 Å². The van der Waals surface area contributed by atoms with Crippen molar-refractivity contribution in [2.75, 3.05) is 26.2 Å². The standard InChI is InChI=1S/C25H26FN3OS/c1-17-28-23-15-19(7-8-24(23)31-17)30-14-3-2-11-29-12-9-18(10-13-29)21-16-27-25-20(21)5-4-6-22(25)26/h4-9,15-16,27H,2-3,10-14H2,1H3. The Kier molecular flexibility index (Phi) is 5.74. The summed E-state index contributed by atoms with van der Waals surface area (Å²) in [5.41, 5.74) is 4.07. The topological polar surface area (TPSA) is 41.1 Å². The summed E-state index contributed by atoms with van der Waals surface area (Å²) in [6.07, 6.45) is 7.37. The van der Waals surface area contributed by atoms with Crippen molar-refractivity contribution >= 4 is 38.0 Å². The first kappa shape index (κ1) is 20.2. The highest BCUT2D eigenvalue weighted by molar-refractivity contribution is 7.18. The van der Waals surface area contributed by atoms with Crippen molar-refractivity contribution in [3.8, 4) is 5.75 Å². The SMILES string of the molecule is Cc1nc2cc(OCCCCN3CC=C(c4c[nH]c5c(F)cccc45)CC3)ccc2s1. The number of ether oxygens (including phenoxy) is 1. The molecule has 0 bridgehead atoms. The van der Waals surface area contributed by atoms with Gasteiger partial charge in [-0.25, -0.2) is 9.37 Å². The number of unbranched alkanes of at least 4 members (excludes halogenated alkanes) is 1. The Morgan fingerprint density at radius 3 is 3.03 bits per heavy atom. The number of nitrogens with zero attached hydrogens (tertiary/aromatic N) is 2. The molecule has 0 saturated heterocycles. The van der Waals surface area contributed by atoms with Crippen LogP contribution >= 0.6 is 11.3 Å². The molecule has 0 aliphatic carbocycles. The Hall–Kier alpha value is -2.70. The molecule has 0 atom stereocenters. The number of rotatable bonds is 7. The molecule has 0 amide bonds. The van der Waals surface area contributed by atoms with E-state index in [4.69, 9.17) is 4.74 Å². The van der Waals surface area contributed by atoms with E-state index >= 15 is 0 Å². The number of thiazole rings is 1. The van der Waals surface area contributed by atoms with Gasteiger partial charge in [0.05, 0.1) is 27.3 Å². The smallest absolute Gasteiger partial charge is 0.147 e. The number of hydrogen-bond acceptors (Lipinski definition) is 4. The van der Waals surface area contributed by atoms with Crippen LogP contribution in [0.2, 0.25) is 0 Å². The zero-order chi connectivity index (χ0) is 21.2. The molecule has 160 valence electrons. The van der Waals surface area contributed by atoms with Gasteiger partial charge in [-0.05, 0) is 56.5 Å². The van der Waals surface area contributed by atoms with Crippen LogP contribution in [-0.2, 0) is 0 Å². The van der Waals surface area contributed by atoms with Gasteiger partial charge < -0.3 is 9.72 Å². The summed E-state index contributed by atoms with van der Waals surface area (Å²) in [6, 6.07) is 11.4. The fourth-order valence-corrected chi connectivity index (χ4v) is 5.09. The van der Waals surface area contributed by atoms with Crippen LogP contribution in [0.25, 0.3) is 26.7 Å². The Balaban J connectivity index is 1.09. The van der Waals surface area contributed by atoms with Gasteiger partial charge in [0.2, 0.25) is 0 Å². The van der Waals surface area contributed by atoms with E-state index in [2.05, 4.69) is 27.0 Å². The average Bonchev–Trinajstić information content (AvgIpc) is 3.37. The summed E-state index contributed by atoms with van der Waals surface area (Å²) in [7, 11) is 0. The molecule has 0 radical (unpaired) electrons. The summed E-state index contributed by atoms with van der Waals surface area (Å²) in [5.74, 6) is 0.712. The predicted molar refractivity (Wildman–Crippen MR) is 126 cm³/mol. The van der Waals surface area contributed by atoms with E-state index in [9.17, 15) is 4.39 Å². The first-order valence-corrected chi connectivity index (χ1v) is 11.7. The molecule has 1 aliphatic heterocycles. The summed E-state index contributed by atoms with van der Waals surface area (Å²) in [5, 5.41) is 2.06. The fourth-order valence-electron chi connectivity index (χ4n) is 4.28. The van der Waals surface area contributed by atoms with E-state index in [-0.39, 0.29) is 5.82 Å². The number of hydrogen-bond donors (Lipinski definition) is 1. The van der Waals surface area contributed by atoms with Crippen LogP contribution in [0, 0.1) is 12.7 Å². The Morgan fingerprint density at radius 2 is 2.16 bits per heavy atom. The summed E-state index contributed by atoms with van der Waals surface area (Å²) < 4.78 is 21.1. The van der Waals surface area contributed by atoms with E-state index in [1.165, 1.54) is 16.3 Å². The zero-order valence-corrected chi connectivity index (χ0v) is 18.5. The molecule has 0 unspecified atom stereocenters. The summed E-state index contributed by atoms with van der Waals surface area (Å²) >= 11 is 1.71. The maximum atomic E-state index is 13.9. The number of aromatic amines is 1. The van der Waals surface area contributed by atoms with Gasteiger partial charge >= 0.3 is 0 Å². The minimum atomic E-state index is -0.189. The van der Waals surface area contributed by atoms with Crippen molar-refractivity contribution in [3.63, 3.8) is 0 Å². The number of aryl methyl sites for hydroxylation is 1. The van der Waals surface area contributed by atoms with Crippen LogP contribution in [0.3, 0.4) is 0 Å². The van der Waals surface area contributed by atoms with Crippen LogP contribution in [0.5, 0.6) is 5.75 Å². The summed E-state index contributed by atoms with van der Waals surface area (Å²) in [6.45, 7) is 5.81. The van der Waals surface area contributed by atoms with Gasteiger partial charge in [-0.2, -0.15) is 0 Å². The monoisotopic (exact) mass is 435 g/mol. The Labute approximate surface area is 185 Å². The first-order valence-electron chi connectivity index (χ1n) is 10.8. The van der Waals surface area contributed by atoms with E-state index in [0.29, 0.717) is 5.52 Å². The van der Waals surface area contributed by atoms with Gasteiger partial charge in [0, 0.05) is 36.3 Å². The molecule has 0 spiro atoms. The molecular weight excluding hydrogens is 409 g/mol. The van der Waals surface area contributed by atoms with Crippen molar-refractivity contribution in [3.05, 3.63) is 65.1 Å². The number of aromatic nitrogens is 2. The highest BCUT2D eigenvalue weighted by Gasteiger charge is 2.16. The molecule has 6 heteroatoms. The predicted octanol–water partition coefficient (Wildman–Crippen LogP) is 6.17. The quantitative estimate of drug-likeness (QED) is 0.353. The van der Waals surface area contributed by atoms with Gasteiger partial charge in [-0.3, -0.25) is 4.90 Å². The molecule has 1 aliphatic rings. The van der Waals surface area contributed by atoms with Crippen LogP contribution in [0.15, 0.2) is 48.7 Å². The number of para-hydroxylation sites is 1. The largest absolute Gasteiger partial charge is 0.494 e. The lowest BCUT2D eigenvalue weighted by Crippen LogP contribution is -2.29. The van der Waals surface area contributed by atoms with Gasteiger partial charge in [-0.15, -0.1) is 11.3 Å². The highest BCUT2D eigenvalue weighted by Crippen LogP contribution is 2.30. The highest BCUT2D eigenvalue weighted by atomic mass is 32.1. The van der Waals surface area contributed by atoms with Gasteiger partial charge in [0.25, 0.3) is 0 Å². The normalized spacial score (nSPS) is 15.0. The number of nitrogens with one attached hydrogen (secondary N) is 1. The minimum absolute atomic E-state index is 0.189. The van der Waals surface area contributed by atoms with Crippen molar-refractivity contribution in [1.82, 2.24) is 14.9 Å². The molecule has 31 heavy (non-hydrogen) atoms. The molecule has 0 fully saturated rings. The molecular formula is C25H26FN3OS. The lowest BCUT2D eigenvalue weighted by atomic mass is 9.99. The maximum Gasteiger partial charge on any atom is 0.147 e. The van der Waals surface area contributed by atoms with E-state index in [0.717, 1.165) is 72.7 Å². The van der Waals surface area contributed by atoms with Crippen molar-refractivity contribution in [2.24, 2.45) is 0 Å². The number of benzene rings is 2. The molecule has 1 N–H and O–H groups in total. The fraction of sp³-hybridized carbons (Fsp3) is 0.320. The molecule has 5 rings (SSSR count). The lowest BCUT2D eigenvalue weighted by molar-refractivity contribution is 0.265. The molecule has 4 aromatic rings. The van der Waals surface area contributed by atoms with Crippen LogP contribution < -0.4 is 4.74 Å². The minimum Gasteiger partial charge on any atom is -0.494 e. The number of halogens is 1. The second-order valence-corrected chi connectivity index (χ2v) is 9.30. The Morgan fingerprint density at radius 1 is 1.23 bits per heavy atom. The van der Waals surface area contributed by atoms with Gasteiger partial charge in [0.15, 0.2) is 0 Å². The van der Waals surface area contributed by atoms with Crippen LogP contribution in [0.1, 0.15) is 29.8 Å². The van der Waals surface area contributed by atoms with E-state index in [1.54, 1.807) is 17.4 Å². The third-order valence-electron chi connectivity index (χ3n) is 5.91. The van der Waals surface area contributed by atoms with Gasteiger partial charge in [-0.1, -0.05) is 18.2 Å². The van der Waals surface area contributed by atoms with Crippen LogP contribution in [-0.4, -0.2) is 41.1 Å². The van der Waals surface area contributed by atoms with Crippen LogP contribution in [0.4, 0.5) is 4.39 Å². The molecule has 0 saturated carbocycles. The Bertz CT molecular complexity index is 1240. The van der Waals surface area contributed by atoms with Crippen molar-refractivity contribution in [1.29, 1.82) is 0 Å². The number of H-pyrrole nitrogens is 1. The van der Waals surface area contributed by atoms with Gasteiger partial charge in [0.1, 0.15) is 11.6 Å². The third-order valence-corrected chi connectivity index (χ3v) is 6.86. The third kappa shape index (κ3) is 4.36. The second-order valence-electron chi connectivity index (χ2n) is 8.06. The molecule has 2 aromatic heterocycles. The average molecular weight is 436 g/mol. The molecule has 3 heterocycles. The zero-order valence-electron chi connectivity index (χ0n) is 17.7. The number of fused-ring (bicyclic) bond motifs is 2.